The maximum absolute atomic E-state index is 11.2. The summed E-state index contributed by atoms with van der Waals surface area (Å²) in [5, 5.41) is 0. The van der Waals surface area contributed by atoms with Gasteiger partial charge < -0.3 is 16.2 Å². The molecule has 0 unspecified atom stereocenters. The van der Waals surface area contributed by atoms with Crippen molar-refractivity contribution in [3.05, 3.63) is 23.3 Å². The summed E-state index contributed by atoms with van der Waals surface area (Å²) in [5.41, 5.74) is 13.1. The van der Waals surface area contributed by atoms with E-state index in [-0.39, 0.29) is 5.69 Å². The lowest BCUT2D eigenvalue weighted by Gasteiger charge is -2.07. The van der Waals surface area contributed by atoms with Crippen LogP contribution in [0.15, 0.2) is 12.1 Å². The fourth-order valence-electron chi connectivity index (χ4n) is 1.10. The summed E-state index contributed by atoms with van der Waals surface area (Å²) in [4.78, 5) is 11.2. The van der Waals surface area contributed by atoms with Gasteiger partial charge >= 0.3 is 5.97 Å². The topological polar surface area (TPSA) is 78.3 Å². The van der Waals surface area contributed by atoms with Gasteiger partial charge in [-0.15, -0.1) is 0 Å². The quantitative estimate of drug-likeness (QED) is 0.498. The first kappa shape index (κ1) is 9.38. The number of hydrogen-bond donors (Lipinski definition) is 2. The number of esters is 1. The summed E-state index contributed by atoms with van der Waals surface area (Å²) in [6.07, 6.45) is 0. The number of ether oxygens (including phenoxy) is 1. The summed E-state index contributed by atoms with van der Waals surface area (Å²) in [6.45, 7) is 1.84. The van der Waals surface area contributed by atoms with Crippen LogP contribution in [0.3, 0.4) is 0 Å². The van der Waals surface area contributed by atoms with E-state index in [0.717, 1.165) is 5.56 Å². The van der Waals surface area contributed by atoms with Crippen molar-refractivity contribution < 1.29 is 9.53 Å². The van der Waals surface area contributed by atoms with Crippen LogP contribution < -0.4 is 11.5 Å². The SMILES string of the molecule is COC(=O)c1cc(C)cc(N)c1N. The molecule has 4 N–H and O–H groups in total. The van der Waals surface area contributed by atoms with Crippen LogP contribution in [0.5, 0.6) is 0 Å². The molecule has 0 aliphatic rings. The third-order valence-electron chi connectivity index (χ3n) is 1.76. The maximum Gasteiger partial charge on any atom is 0.340 e. The molecule has 13 heavy (non-hydrogen) atoms. The Labute approximate surface area is 76.5 Å². The van der Waals surface area contributed by atoms with Crippen molar-refractivity contribution >= 4 is 17.3 Å². The molecular weight excluding hydrogens is 168 g/mol. The Hall–Kier alpha value is -1.71. The molecule has 0 aliphatic carbocycles. The highest BCUT2D eigenvalue weighted by Crippen LogP contribution is 2.22. The summed E-state index contributed by atoms with van der Waals surface area (Å²) in [5.74, 6) is -0.465. The molecule has 0 aliphatic heterocycles. The number of anilines is 2. The molecule has 0 radical (unpaired) electrons. The van der Waals surface area contributed by atoms with Gasteiger partial charge in [0.2, 0.25) is 0 Å². The van der Waals surface area contributed by atoms with Crippen molar-refractivity contribution in [1.82, 2.24) is 0 Å². The van der Waals surface area contributed by atoms with E-state index in [1.807, 2.05) is 6.92 Å². The van der Waals surface area contributed by atoms with Gasteiger partial charge in [-0.1, -0.05) is 0 Å². The van der Waals surface area contributed by atoms with Gasteiger partial charge in [0.15, 0.2) is 0 Å². The molecule has 0 spiro atoms. The number of nitrogens with two attached hydrogens (primary N) is 2. The number of hydrogen-bond acceptors (Lipinski definition) is 4. The molecule has 0 amide bonds. The molecule has 1 rings (SSSR count). The first-order valence-corrected chi connectivity index (χ1v) is 3.80. The molecular formula is C9H12N2O2. The zero-order valence-corrected chi connectivity index (χ0v) is 7.63. The number of carbonyl (C=O) groups excluding carboxylic acids is 1. The lowest BCUT2D eigenvalue weighted by atomic mass is 10.1. The highest BCUT2D eigenvalue weighted by molar-refractivity contribution is 5.98. The summed E-state index contributed by atoms with van der Waals surface area (Å²) >= 11 is 0. The highest BCUT2D eigenvalue weighted by Gasteiger charge is 2.12. The Morgan fingerprint density at radius 1 is 1.38 bits per heavy atom. The molecule has 4 nitrogen and oxygen atoms in total. The van der Waals surface area contributed by atoms with Gasteiger partial charge in [0.25, 0.3) is 0 Å². The van der Waals surface area contributed by atoms with Crippen LogP contribution >= 0.6 is 0 Å². The van der Waals surface area contributed by atoms with Crippen molar-refractivity contribution in [2.75, 3.05) is 18.6 Å². The van der Waals surface area contributed by atoms with Crippen LogP contribution in [-0.4, -0.2) is 13.1 Å². The molecule has 0 fully saturated rings. The summed E-state index contributed by atoms with van der Waals surface area (Å²) in [6, 6.07) is 3.36. The molecule has 0 saturated heterocycles. The van der Waals surface area contributed by atoms with Crippen molar-refractivity contribution in [3.8, 4) is 0 Å². The zero-order valence-electron chi connectivity index (χ0n) is 7.63. The van der Waals surface area contributed by atoms with Crippen molar-refractivity contribution in [3.63, 3.8) is 0 Å². The third kappa shape index (κ3) is 1.72. The van der Waals surface area contributed by atoms with Crippen LogP contribution in [0.1, 0.15) is 15.9 Å². The lowest BCUT2D eigenvalue weighted by molar-refractivity contribution is 0.0602. The largest absolute Gasteiger partial charge is 0.465 e. The average molecular weight is 180 g/mol. The first-order valence-electron chi connectivity index (χ1n) is 3.80. The van der Waals surface area contributed by atoms with Gasteiger partial charge in [-0.2, -0.15) is 0 Å². The van der Waals surface area contributed by atoms with Gasteiger partial charge in [0.05, 0.1) is 24.0 Å². The molecule has 70 valence electrons. The van der Waals surface area contributed by atoms with Crippen molar-refractivity contribution in [2.24, 2.45) is 0 Å². The van der Waals surface area contributed by atoms with Crippen LogP contribution in [0.4, 0.5) is 11.4 Å². The van der Waals surface area contributed by atoms with Crippen LogP contribution in [0.25, 0.3) is 0 Å². The fourth-order valence-corrected chi connectivity index (χ4v) is 1.10. The van der Waals surface area contributed by atoms with Crippen molar-refractivity contribution in [1.29, 1.82) is 0 Å². The maximum atomic E-state index is 11.2. The Morgan fingerprint density at radius 3 is 2.54 bits per heavy atom. The van der Waals surface area contributed by atoms with E-state index in [9.17, 15) is 4.79 Å². The van der Waals surface area contributed by atoms with E-state index >= 15 is 0 Å². The van der Waals surface area contributed by atoms with Crippen LogP contribution in [0, 0.1) is 6.92 Å². The molecule has 0 aromatic heterocycles. The molecule has 0 heterocycles. The van der Waals surface area contributed by atoms with Crippen LogP contribution in [0.2, 0.25) is 0 Å². The monoisotopic (exact) mass is 180 g/mol. The number of aryl methyl sites for hydroxylation is 1. The Kier molecular flexibility index (Phi) is 2.41. The number of methoxy groups -OCH3 is 1. The Balaban J connectivity index is 3.28. The average Bonchev–Trinajstić information content (AvgIpc) is 2.10. The number of benzene rings is 1. The number of nitrogen functional groups attached to an aromatic ring is 2. The van der Waals surface area contributed by atoms with E-state index in [1.54, 1.807) is 12.1 Å². The molecule has 4 heteroatoms. The van der Waals surface area contributed by atoms with Gasteiger partial charge in [-0.05, 0) is 24.6 Å². The molecule has 0 atom stereocenters. The second-order valence-electron chi connectivity index (χ2n) is 2.81. The normalized spacial score (nSPS) is 9.69. The number of rotatable bonds is 1. The summed E-state index contributed by atoms with van der Waals surface area (Å²) < 4.78 is 4.55. The Morgan fingerprint density at radius 2 is 2.00 bits per heavy atom. The van der Waals surface area contributed by atoms with Crippen molar-refractivity contribution in [2.45, 2.75) is 6.92 Å². The minimum atomic E-state index is -0.465. The van der Waals surface area contributed by atoms with Crippen LogP contribution in [-0.2, 0) is 4.74 Å². The van der Waals surface area contributed by atoms with Gasteiger partial charge in [-0.3, -0.25) is 0 Å². The zero-order chi connectivity index (χ0) is 10.0. The Bertz CT molecular complexity index is 348. The molecule has 1 aromatic rings. The summed E-state index contributed by atoms with van der Waals surface area (Å²) in [7, 11) is 1.31. The predicted molar refractivity (Wildman–Crippen MR) is 51.3 cm³/mol. The minimum absolute atomic E-state index is 0.275. The van der Waals surface area contributed by atoms with Gasteiger partial charge in [0.1, 0.15) is 0 Å². The molecule has 1 aromatic carbocycles. The number of carbonyl (C=O) groups is 1. The van der Waals surface area contributed by atoms with Gasteiger partial charge in [-0.25, -0.2) is 4.79 Å². The van der Waals surface area contributed by atoms with E-state index in [1.165, 1.54) is 7.11 Å². The van der Waals surface area contributed by atoms with Gasteiger partial charge in [0, 0.05) is 0 Å². The third-order valence-corrected chi connectivity index (χ3v) is 1.76. The van der Waals surface area contributed by atoms with E-state index < -0.39 is 5.97 Å². The first-order chi connectivity index (χ1) is 6.06. The standard InChI is InChI=1S/C9H12N2O2/c1-5-3-6(9(12)13-2)8(11)7(10)4-5/h3-4H,10-11H2,1-2H3. The second-order valence-corrected chi connectivity index (χ2v) is 2.81. The lowest BCUT2D eigenvalue weighted by Crippen LogP contribution is -2.08. The van der Waals surface area contributed by atoms with E-state index in [4.69, 9.17) is 11.5 Å². The van der Waals surface area contributed by atoms with E-state index in [2.05, 4.69) is 4.74 Å². The minimum Gasteiger partial charge on any atom is -0.465 e. The predicted octanol–water partition coefficient (Wildman–Crippen LogP) is 0.946. The molecule has 0 saturated carbocycles. The molecule has 0 bridgehead atoms. The highest BCUT2D eigenvalue weighted by atomic mass is 16.5. The fraction of sp³-hybridized carbons (Fsp3) is 0.222. The van der Waals surface area contributed by atoms with E-state index in [0.29, 0.717) is 11.3 Å². The smallest absolute Gasteiger partial charge is 0.340 e. The second kappa shape index (κ2) is 3.35.